The Morgan fingerprint density at radius 2 is 1.94 bits per heavy atom. The number of aromatic nitrogens is 5. The Morgan fingerprint density at radius 1 is 1.20 bits per heavy atom. The molecule has 1 N–H and O–H groups in total. The molecule has 2 atom stereocenters. The Hall–Kier alpha value is -4.01. The number of amides is 1. The number of nitriles is 1. The van der Waals surface area contributed by atoms with Crippen molar-refractivity contribution in [2.24, 2.45) is 11.8 Å². The maximum Gasteiger partial charge on any atom is 0.434 e. The van der Waals surface area contributed by atoms with Gasteiger partial charge in [0.2, 0.25) is 0 Å². The molecule has 0 spiro atoms. The molecule has 35 heavy (non-hydrogen) atoms. The standard InChI is InChI=1S/C23H21F3N8O/c1-13-15-7-16(8-15)33(19(13)10-29-21-12-28-20(11-30-21)23(24,25)26)22(35)17-6-14(9-27)2-3-18(17)34-31-4-5-32-34/h2-6,11-13,15-16,19H,7-8,10H2,1H3,(H,29,30)/t13-,15?,16?,19-/m1/s1. The van der Waals surface area contributed by atoms with E-state index in [9.17, 15) is 23.2 Å². The first-order valence-corrected chi connectivity index (χ1v) is 11.1. The average molecular weight is 482 g/mol. The third kappa shape index (κ3) is 4.18. The summed E-state index contributed by atoms with van der Waals surface area (Å²) in [5, 5.41) is 20.7. The molecule has 4 heterocycles. The highest BCUT2D eigenvalue weighted by atomic mass is 19.4. The molecule has 0 unspecified atom stereocenters. The molecular weight excluding hydrogens is 461 g/mol. The number of anilines is 1. The Morgan fingerprint density at radius 3 is 2.57 bits per heavy atom. The normalized spacial score (nSPS) is 23.3. The SMILES string of the molecule is C[C@@H]1C2CC(C2)N(C(=O)c2cc(C#N)ccc2-n2nccn2)[C@@H]1CNc1cnc(C(F)(F)F)cn1. The van der Waals surface area contributed by atoms with E-state index in [-0.39, 0.29) is 29.7 Å². The summed E-state index contributed by atoms with van der Waals surface area (Å²) >= 11 is 0. The van der Waals surface area contributed by atoms with Gasteiger partial charge in [-0.3, -0.25) is 4.79 Å². The molecule has 9 nitrogen and oxygen atoms in total. The fraction of sp³-hybridized carbons (Fsp3) is 0.391. The first-order valence-electron chi connectivity index (χ1n) is 11.1. The highest BCUT2D eigenvalue weighted by molar-refractivity contribution is 5.98. The van der Waals surface area contributed by atoms with Gasteiger partial charge in [0.05, 0.1) is 53.7 Å². The Balaban J connectivity index is 1.42. The molecule has 2 aromatic heterocycles. The van der Waals surface area contributed by atoms with Gasteiger partial charge in [-0.25, -0.2) is 9.97 Å². The molecule has 1 amide bonds. The van der Waals surface area contributed by atoms with Gasteiger partial charge >= 0.3 is 6.18 Å². The summed E-state index contributed by atoms with van der Waals surface area (Å²) in [6.45, 7) is 2.38. The van der Waals surface area contributed by atoms with Gasteiger partial charge in [0.25, 0.3) is 5.91 Å². The fourth-order valence-electron chi connectivity index (χ4n) is 4.93. The van der Waals surface area contributed by atoms with E-state index in [0.717, 1.165) is 19.0 Å². The number of hydrogen-bond acceptors (Lipinski definition) is 7. The number of benzene rings is 1. The predicted octanol–water partition coefficient (Wildman–Crippen LogP) is 3.30. The topological polar surface area (TPSA) is 113 Å². The lowest BCUT2D eigenvalue weighted by Crippen LogP contribution is -2.64. The van der Waals surface area contributed by atoms with Crippen LogP contribution in [0.5, 0.6) is 0 Å². The largest absolute Gasteiger partial charge is 0.434 e. The second-order valence-corrected chi connectivity index (χ2v) is 8.85. The minimum absolute atomic E-state index is 0.0402. The van der Waals surface area contributed by atoms with E-state index in [4.69, 9.17) is 0 Å². The van der Waals surface area contributed by atoms with Gasteiger partial charge in [-0.05, 0) is 42.9 Å². The third-order valence-electron chi connectivity index (χ3n) is 6.91. The average Bonchev–Trinajstić information content (AvgIpc) is 3.36. The molecule has 3 fully saturated rings. The smallest absolute Gasteiger partial charge is 0.367 e. The highest BCUT2D eigenvalue weighted by Crippen LogP contribution is 2.47. The molecule has 12 heteroatoms. The summed E-state index contributed by atoms with van der Waals surface area (Å²) < 4.78 is 38.4. The molecule has 2 bridgehead atoms. The van der Waals surface area contributed by atoms with Crippen LogP contribution in [-0.4, -0.2) is 54.4 Å². The Labute approximate surface area is 198 Å². The van der Waals surface area contributed by atoms with Crippen molar-refractivity contribution >= 4 is 11.7 Å². The molecule has 1 aromatic carbocycles. The first kappa shape index (κ1) is 22.8. The number of nitrogens with zero attached hydrogens (tertiary/aromatic N) is 7. The quantitative estimate of drug-likeness (QED) is 0.594. The second-order valence-electron chi connectivity index (χ2n) is 8.85. The van der Waals surface area contributed by atoms with Crippen LogP contribution >= 0.6 is 0 Å². The van der Waals surface area contributed by atoms with Gasteiger partial charge in [0, 0.05) is 12.6 Å². The van der Waals surface area contributed by atoms with Crippen molar-refractivity contribution in [3.63, 3.8) is 0 Å². The van der Waals surface area contributed by atoms with Crippen LogP contribution in [0.15, 0.2) is 43.0 Å². The number of fused-ring (bicyclic) bond motifs is 2. The summed E-state index contributed by atoms with van der Waals surface area (Å²) in [5.41, 5.74) is 0.0605. The number of rotatable bonds is 5. The number of carbonyl (C=O) groups is 1. The molecule has 3 aromatic rings. The van der Waals surface area contributed by atoms with E-state index in [0.29, 0.717) is 35.5 Å². The highest BCUT2D eigenvalue weighted by Gasteiger charge is 2.50. The van der Waals surface area contributed by atoms with Crippen LogP contribution in [0.25, 0.3) is 5.69 Å². The van der Waals surface area contributed by atoms with Gasteiger partial charge in [0.15, 0.2) is 5.69 Å². The number of hydrogen-bond donors (Lipinski definition) is 1. The van der Waals surface area contributed by atoms with Crippen molar-refractivity contribution < 1.29 is 18.0 Å². The lowest BCUT2D eigenvalue weighted by atomic mass is 9.64. The van der Waals surface area contributed by atoms with Gasteiger partial charge in [-0.2, -0.15) is 33.4 Å². The fourth-order valence-corrected chi connectivity index (χ4v) is 4.93. The lowest BCUT2D eigenvalue weighted by Gasteiger charge is -2.57. The predicted molar refractivity (Wildman–Crippen MR) is 117 cm³/mol. The van der Waals surface area contributed by atoms with Crippen LogP contribution in [-0.2, 0) is 6.18 Å². The molecule has 1 aliphatic carbocycles. The summed E-state index contributed by atoms with van der Waals surface area (Å²) in [6.07, 6.45) is 1.94. The minimum atomic E-state index is -4.56. The van der Waals surface area contributed by atoms with E-state index in [1.807, 2.05) is 4.90 Å². The first-order chi connectivity index (χ1) is 16.8. The van der Waals surface area contributed by atoms with Crippen LogP contribution in [0.4, 0.5) is 19.0 Å². The van der Waals surface area contributed by atoms with Gasteiger partial charge in [0.1, 0.15) is 5.82 Å². The van der Waals surface area contributed by atoms with Crippen molar-refractivity contribution in [2.75, 3.05) is 11.9 Å². The van der Waals surface area contributed by atoms with E-state index >= 15 is 0 Å². The molecule has 1 saturated carbocycles. The monoisotopic (exact) mass is 482 g/mol. The van der Waals surface area contributed by atoms with E-state index in [2.05, 4.69) is 38.5 Å². The summed E-state index contributed by atoms with van der Waals surface area (Å²) in [5.74, 6) is 0.580. The second kappa shape index (κ2) is 8.65. The maximum atomic E-state index is 13.9. The van der Waals surface area contributed by atoms with Crippen LogP contribution in [0.1, 0.15) is 41.4 Å². The van der Waals surface area contributed by atoms with Crippen molar-refractivity contribution in [1.82, 2.24) is 29.9 Å². The zero-order valence-electron chi connectivity index (χ0n) is 18.6. The zero-order chi connectivity index (χ0) is 24.7. The van der Waals surface area contributed by atoms with Crippen molar-refractivity contribution in [2.45, 2.75) is 38.0 Å². The number of halogens is 3. The number of alkyl halides is 3. The van der Waals surface area contributed by atoms with Crippen LogP contribution in [0.2, 0.25) is 0 Å². The molecular formula is C23H21F3N8O. The number of nitrogens with one attached hydrogen (secondary N) is 1. The van der Waals surface area contributed by atoms with Gasteiger partial charge < -0.3 is 10.2 Å². The lowest BCUT2D eigenvalue weighted by molar-refractivity contribution is -0.141. The Bertz CT molecular complexity index is 1260. The maximum absolute atomic E-state index is 13.9. The third-order valence-corrected chi connectivity index (χ3v) is 6.91. The molecule has 0 radical (unpaired) electrons. The minimum Gasteiger partial charge on any atom is -0.367 e. The molecule has 3 aliphatic rings. The summed E-state index contributed by atoms with van der Waals surface area (Å²) in [7, 11) is 0. The molecule has 6 rings (SSSR count). The molecule has 180 valence electrons. The zero-order valence-corrected chi connectivity index (χ0v) is 18.6. The van der Waals surface area contributed by atoms with Crippen molar-refractivity contribution in [3.8, 4) is 11.8 Å². The number of piperidine rings is 2. The van der Waals surface area contributed by atoms with Crippen molar-refractivity contribution in [1.29, 1.82) is 5.26 Å². The van der Waals surface area contributed by atoms with Crippen LogP contribution in [0.3, 0.4) is 0 Å². The van der Waals surface area contributed by atoms with E-state index < -0.39 is 11.9 Å². The van der Waals surface area contributed by atoms with Crippen LogP contribution in [0, 0.1) is 23.2 Å². The molecule has 2 aliphatic heterocycles. The van der Waals surface area contributed by atoms with E-state index in [1.165, 1.54) is 17.2 Å². The molecule has 2 saturated heterocycles. The van der Waals surface area contributed by atoms with Crippen molar-refractivity contribution in [3.05, 3.63) is 59.8 Å². The van der Waals surface area contributed by atoms with E-state index in [1.54, 1.807) is 18.2 Å². The number of carbonyl (C=O) groups excluding carboxylic acids is 1. The van der Waals surface area contributed by atoms with Crippen LogP contribution < -0.4 is 5.32 Å². The Kier molecular flexibility index (Phi) is 5.62. The van der Waals surface area contributed by atoms with Gasteiger partial charge in [-0.15, -0.1) is 0 Å². The summed E-state index contributed by atoms with van der Waals surface area (Å²) in [6, 6.07) is 6.68. The van der Waals surface area contributed by atoms with Gasteiger partial charge in [-0.1, -0.05) is 6.92 Å². The summed E-state index contributed by atoms with van der Waals surface area (Å²) in [4.78, 5) is 24.4.